The number of hydrogen-bond acceptors (Lipinski definition) is 7. The molecule has 1 aliphatic carbocycles. The molecule has 1 fully saturated rings. The van der Waals surface area contributed by atoms with E-state index in [1.165, 1.54) is 0 Å². The lowest BCUT2D eigenvalue weighted by molar-refractivity contribution is -0.127. The molecule has 1 aromatic heterocycles. The number of hydrogen-bond donors (Lipinski definition) is 6. The Bertz CT molecular complexity index is 1140. The fourth-order valence-corrected chi connectivity index (χ4v) is 4.35. The molecule has 6 atom stereocenters. The number of rotatable bonds is 5. The highest BCUT2D eigenvalue weighted by Gasteiger charge is 2.52. The van der Waals surface area contributed by atoms with Crippen molar-refractivity contribution >= 4 is 10.8 Å². The van der Waals surface area contributed by atoms with Crippen LogP contribution in [0.5, 0.6) is 5.75 Å². The van der Waals surface area contributed by atoms with Crippen molar-refractivity contribution in [1.82, 2.24) is 4.98 Å². The summed E-state index contributed by atoms with van der Waals surface area (Å²) in [4.78, 5) is 14.7. The second-order valence-electron chi connectivity index (χ2n) is 7.96. The third-order valence-corrected chi connectivity index (χ3v) is 6.10. The molecular weight excluding hydrogens is 402 g/mol. The van der Waals surface area contributed by atoms with Gasteiger partial charge in [-0.1, -0.05) is 18.2 Å². The Hall–Kier alpha value is -2.75. The van der Waals surface area contributed by atoms with E-state index in [0.717, 1.165) is 16.5 Å². The third-order valence-electron chi connectivity index (χ3n) is 6.10. The van der Waals surface area contributed by atoms with Crippen molar-refractivity contribution in [3.63, 3.8) is 0 Å². The molecule has 3 aromatic rings. The first-order valence-corrected chi connectivity index (χ1v) is 10.0. The van der Waals surface area contributed by atoms with Crippen LogP contribution in [0.3, 0.4) is 0 Å². The minimum Gasteiger partial charge on any atom is -0.464 e. The van der Waals surface area contributed by atoms with E-state index in [0.29, 0.717) is 16.7 Å². The summed E-state index contributed by atoms with van der Waals surface area (Å²) in [6.45, 7) is 1.26. The molecule has 0 spiro atoms. The minimum atomic E-state index is -1.59. The van der Waals surface area contributed by atoms with Crippen LogP contribution in [0.15, 0.2) is 53.5 Å². The van der Waals surface area contributed by atoms with Crippen molar-refractivity contribution in [2.75, 3.05) is 6.61 Å². The van der Waals surface area contributed by atoms with Gasteiger partial charge in [-0.3, -0.25) is 4.79 Å². The number of nitrogens with one attached hydrogen (secondary N) is 1. The average Bonchev–Trinajstić information content (AvgIpc) is 2.97. The number of benzene rings is 2. The Morgan fingerprint density at radius 2 is 1.81 bits per heavy atom. The van der Waals surface area contributed by atoms with Gasteiger partial charge in [-0.25, -0.2) is 0 Å². The Kier molecular flexibility index (Phi) is 5.83. The molecule has 6 N–H and O–H groups in total. The van der Waals surface area contributed by atoms with E-state index in [-0.39, 0.29) is 5.56 Å². The number of pyridine rings is 1. The van der Waals surface area contributed by atoms with Gasteiger partial charge in [-0.05, 0) is 53.3 Å². The van der Waals surface area contributed by atoms with Crippen molar-refractivity contribution in [2.24, 2.45) is 11.8 Å². The molecule has 6 unspecified atom stereocenters. The molecule has 1 saturated carbocycles. The lowest BCUT2D eigenvalue weighted by Gasteiger charge is -2.26. The lowest BCUT2D eigenvalue weighted by atomic mass is 9.97. The minimum absolute atomic E-state index is 0.170. The summed E-state index contributed by atoms with van der Waals surface area (Å²) in [6, 6.07) is 12.6. The SMILES string of the molecule is Cc1cc(-c2cccc3c(=O)[nH]ccc23)ccc1OC(O)C1C(O)C(O)C(CO)C1O. The van der Waals surface area contributed by atoms with Gasteiger partial charge in [-0.2, -0.15) is 0 Å². The standard InChI is InChI=1S/C23H25NO7/c1-11-9-12(13-3-2-4-15-14(13)7-8-24-22(15)29)5-6-17(11)31-23(30)18-19(26)16(10-25)20(27)21(18)28/h2-9,16,18-21,23,25-28,30H,10H2,1H3,(H,24,29). The zero-order valence-electron chi connectivity index (χ0n) is 16.8. The zero-order valence-corrected chi connectivity index (χ0v) is 16.8. The first-order chi connectivity index (χ1) is 14.8. The highest BCUT2D eigenvalue weighted by atomic mass is 16.6. The van der Waals surface area contributed by atoms with Gasteiger partial charge < -0.3 is 35.3 Å². The largest absolute Gasteiger partial charge is 0.464 e. The van der Waals surface area contributed by atoms with E-state index >= 15 is 0 Å². The fourth-order valence-electron chi connectivity index (χ4n) is 4.35. The van der Waals surface area contributed by atoms with Crippen LogP contribution in [-0.2, 0) is 0 Å². The van der Waals surface area contributed by atoms with E-state index in [4.69, 9.17) is 4.74 Å². The lowest BCUT2D eigenvalue weighted by Crippen LogP contribution is -2.40. The van der Waals surface area contributed by atoms with Crippen LogP contribution >= 0.6 is 0 Å². The van der Waals surface area contributed by atoms with Crippen LogP contribution in [0.2, 0.25) is 0 Å². The Balaban J connectivity index is 1.61. The topological polar surface area (TPSA) is 143 Å². The van der Waals surface area contributed by atoms with Gasteiger partial charge in [0.05, 0.1) is 30.8 Å². The summed E-state index contributed by atoms with van der Waals surface area (Å²) >= 11 is 0. The van der Waals surface area contributed by atoms with E-state index < -0.39 is 43.0 Å². The molecule has 1 aliphatic rings. The Labute approximate surface area is 178 Å². The van der Waals surface area contributed by atoms with Crippen molar-refractivity contribution in [1.29, 1.82) is 0 Å². The van der Waals surface area contributed by atoms with Gasteiger partial charge in [0, 0.05) is 17.5 Å². The highest BCUT2D eigenvalue weighted by molar-refractivity contribution is 5.96. The summed E-state index contributed by atoms with van der Waals surface area (Å²) in [7, 11) is 0. The predicted molar refractivity (Wildman–Crippen MR) is 113 cm³/mol. The van der Waals surface area contributed by atoms with Crippen LogP contribution in [0, 0.1) is 18.8 Å². The number of fused-ring (bicyclic) bond motifs is 1. The number of aliphatic hydroxyl groups is 5. The van der Waals surface area contributed by atoms with Gasteiger partial charge in [0.15, 0.2) is 0 Å². The number of H-pyrrole nitrogens is 1. The Morgan fingerprint density at radius 1 is 1.03 bits per heavy atom. The van der Waals surface area contributed by atoms with Gasteiger partial charge in [0.25, 0.3) is 5.56 Å². The molecule has 2 aromatic carbocycles. The van der Waals surface area contributed by atoms with Gasteiger partial charge in [0.1, 0.15) is 5.75 Å². The normalized spacial score (nSPS) is 26.8. The third kappa shape index (κ3) is 3.73. The van der Waals surface area contributed by atoms with Gasteiger partial charge in [0.2, 0.25) is 6.29 Å². The van der Waals surface area contributed by atoms with Crippen molar-refractivity contribution < 1.29 is 30.3 Å². The summed E-state index contributed by atoms with van der Waals surface area (Å²) in [5.74, 6) is -1.79. The van der Waals surface area contributed by atoms with Gasteiger partial charge >= 0.3 is 0 Å². The van der Waals surface area contributed by atoms with Crippen molar-refractivity contribution in [3.05, 3.63) is 64.6 Å². The predicted octanol–water partition coefficient (Wildman–Crippen LogP) is 0.522. The number of aromatic amines is 1. The maximum atomic E-state index is 12.1. The van der Waals surface area contributed by atoms with Crippen LogP contribution in [-0.4, -0.2) is 61.7 Å². The molecule has 0 radical (unpaired) electrons. The zero-order chi connectivity index (χ0) is 22.3. The maximum absolute atomic E-state index is 12.1. The molecule has 31 heavy (non-hydrogen) atoms. The summed E-state index contributed by atoms with van der Waals surface area (Å²) < 4.78 is 5.60. The number of aryl methyl sites for hydroxylation is 1. The summed E-state index contributed by atoms with van der Waals surface area (Å²) in [5.41, 5.74) is 2.25. The summed E-state index contributed by atoms with van der Waals surface area (Å²) in [5, 5.41) is 51.6. The smallest absolute Gasteiger partial charge is 0.255 e. The first-order valence-electron chi connectivity index (χ1n) is 10.0. The molecule has 164 valence electrons. The Morgan fingerprint density at radius 3 is 2.48 bits per heavy atom. The van der Waals surface area contributed by atoms with E-state index in [9.17, 15) is 30.3 Å². The molecule has 4 rings (SSSR count). The van der Waals surface area contributed by atoms with Crippen LogP contribution in [0.1, 0.15) is 5.56 Å². The molecule has 0 amide bonds. The van der Waals surface area contributed by atoms with Crippen LogP contribution in [0.25, 0.3) is 21.9 Å². The average molecular weight is 427 g/mol. The van der Waals surface area contributed by atoms with Crippen LogP contribution in [0.4, 0.5) is 0 Å². The second kappa shape index (κ2) is 8.41. The highest BCUT2D eigenvalue weighted by Crippen LogP contribution is 2.36. The number of ether oxygens (including phenoxy) is 1. The number of aliphatic hydroxyl groups excluding tert-OH is 5. The summed E-state index contributed by atoms with van der Waals surface area (Å²) in [6.07, 6.45) is -4.10. The quantitative estimate of drug-likeness (QED) is 0.326. The maximum Gasteiger partial charge on any atom is 0.255 e. The van der Waals surface area contributed by atoms with E-state index in [2.05, 4.69) is 4.98 Å². The van der Waals surface area contributed by atoms with E-state index in [1.54, 1.807) is 31.3 Å². The second-order valence-corrected chi connectivity index (χ2v) is 7.96. The molecule has 0 bridgehead atoms. The molecule has 0 saturated heterocycles. The molecule has 8 nitrogen and oxygen atoms in total. The van der Waals surface area contributed by atoms with Crippen molar-refractivity contribution in [3.8, 4) is 16.9 Å². The monoisotopic (exact) mass is 427 g/mol. The molecular formula is C23H25NO7. The molecule has 8 heteroatoms. The molecule has 0 aliphatic heterocycles. The first kappa shape index (κ1) is 21.5. The van der Waals surface area contributed by atoms with Crippen LogP contribution < -0.4 is 10.3 Å². The van der Waals surface area contributed by atoms with Gasteiger partial charge in [-0.15, -0.1) is 0 Å². The molecule has 1 heterocycles. The fraction of sp³-hybridized carbons (Fsp3) is 0.348. The van der Waals surface area contributed by atoms with E-state index in [1.807, 2.05) is 24.3 Å². The van der Waals surface area contributed by atoms with Crippen molar-refractivity contribution in [2.45, 2.75) is 31.5 Å². The number of aromatic nitrogens is 1.